The van der Waals surface area contributed by atoms with Gasteiger partial charge in [-0.1, -0.05) is 20.8 Å². The molecule has 0 saturated heterocycles. The second-order valence-corrected chi connectivity index (χ2v) is 8.23. The third kappa shape index (κ3) is 1.53. The van der Waals surface area contributed by atoms with Gasteiger partial charge in [0, 0.05) is 6.04 Å². The summed E-state index contributed by atoms with van der Waals surface area (Å²) in [5.74, 6) is 0.868. The minimum atomic E-state index is -3.06. The molecule has 94 valence electrons. The highest BCUT2D eigenvalue weighted by Gasteiger charge is 2.61. The van der Waals surface area contributed by atoms with Crippen LogP contribution in [0.15, 0.2) is 0 Å². The first-order chi connectivity index (χ1) is 7.23. The van der Waals surface area contributed by atoms with Gasteiger partial charge in [-0.3, -0.25) is 0 Å². The van der Waals surface area contributed by atoms with Gasteiger partial charge in [-0.15, -0.1) is 0 Å². The van der Waals surface area contributed by atoms with E-state index in [0.717, 1.165) is 12.8 Å². The molecule has 3 atom stereocenters. The maximum Gasteiger partial charge on any atom is 0.211 e. The Morgan fingerprint density at radius 2 is 1.94 bits per heavy atom. The van der Waals surface area contributed by atoms with Gasteiger partial charge in [-0.05, 0) is 42.9 Å². The maximum absolute atomic E-state index is 11.7. The van der Waals surface area contributed by atoms with Crippen molar-refractivity contribution in [3.05, 3.63) is 0 Å². The highest BCUT2D eigenvalue weighted by molar-refractivity contribution is 7.89. The topological polar surface area (TPSA) is 46.2 Å². The molecule has 0 spiro atoms. The summed E-state index contributed by atoms with van der Waals surface area (Å²) in [4.78, 5) is 0. The monoisotopic (exact) mass is 245 g/mol. The molecule has 2 rings (SSSR count). The lowest BCUT2D eigenvalue weighted by atomic mass is 9.69. The van der Waals surface area contributed by atoms with Crippen LogP contribution >= 0.6 is 0 Å². The van der Waals surface area contributed by atoms with Crippen molar-refractivity contribution >= 4 is 10.0 Å². The van der Waals surface area contributed by atoms with Gasteiger partial charge in [0.1, 0.15) is 0 Å². The fourth-order valence-electron chi connectivity index (χ4n) is 3.68. The SMILES string of the molecule is CCS(=O)(=O)NC1CC2CCC1(C)C2(C)C. The van der Waals surface area contributed by atoms with E-state index in [1.807, 2.05) is 0 Å². The number of nitrogens with one attached hydrogen (secondary N) is 1. The molecule has 16 heavy (non-hydrogen) atoms. The van der Waals surface area contributed by atoms with Crippen LogP contribution in [0.2, 0.25) is 0 Å². The maximum atomic E-state index is 11.7. The zero-order chi connectivity index (χ0) is 12.2. The average Bonchev–Trinajstić information content (AvgIpc) is 2.50. The predicted molar refractivity (Wildman–Crippen MR) is 65.6 cm³/mol. The molecular weight excluding hydrogens is 222 g/mol. The lowest BCUT2D eigenvalue weighted by molar-refractivity contribution is 0.130. The summed E-state index contributed by atoms with van der Waals surface area (Å²) in [6, 6.07) is 0.145. The summed E-state index contributed by atoms with van der Waals surface area (Å²) >= 11 is 0. The molecule has 2 aliphatic carbocycles. The number of hydrogen-bond donors (Lipinski definition) is 1. The van der Waals surface area contributed by atoms with E-state index < -0.39 is 10.0 Å². The number of hydrogen-bond acceptors (Lipinski definition) is 2. The highest BCUT2D eigenvalue weighted by Crippen LogP contribution is 2.65. The summed E-state index contributed by atoms with van der Waals surface area (Å²) in [6.07, 6.45) is 3.43. The van der Waals surface area contributed by atoms with Gasteiger partial charge in [0.2, 0.25) is 10.0 Å². The Balaban J connectivity index is 2.23. The van der Waals surface area contributed by atoms with Crippen LogP contribution in [0.25, 0.3) is 0 Å². The van der Waals surface area contributed by atoms with Crippen LogP contribution in [0.5, 0.6) is 0 Å². The zero-order valence-electron chi connectivity index (χ0n) is 10.7. The molecule has 0 aromatic carbocycles. The van der Waals surface area contributed by atoms with Crippen LogP contribution in [0.1, 0.15) is 47.0 Å². The van der Waals surface area contributed by atoms with Crippen LogP contribution < -0.4 is 4.72 Å². The van der Waals surface area contributed by atoms with E-state index in [0.29, 0.717) is 5.92 Å². The van der Waals surface area contributed by atoms with E-state index in [9.17, 15) is 8.42 Å². The lowest BCUT2D eigenvalue weighted by Crippen LogP contribution is -2.47. The molecule has 2 saturated carbocycles. The van der Waals surface area contributed by atoms with Crippen molar-refractivity contribution in [1.29, 1.82) is 0 Å². The van der Waals surface area contributed by atoms with Crippen molar-refractivity contribution in [2.75, 3.05) is 5.75 Å². The van der Waals surface area contributed by atoms with Crippen molar-refractivity contribution in [1.82, 2.24) is 4.72 Å². The van der Waals surface area contributed by atoms with Crippen molar-refractivity contribution < 1.29 is 8.42 Å². The summed E-state index contributed by atoms with van der Waals surface area (Å²) in [7, 11) is -3.06. The molecule has 2 bridgehead atoms. The van der Waals surface area contributed by atoms with Crippen LogP contribution in [0.4, 0.5) is 0 Å². The van der Waals surface area contributed by atoms with Crippen molar-refractivity contribution in [2.45, 2.75) is 53.0 Å². The van der Waals surface area contributed by atoms with Gasteiger partial charge >= 0.3 is 0 Å². The van der Waals surface area contributed by atoms with E-state index in [1.165, 1.54) is 6.42 Å². The van der Waals surface area contributed by atoms with E-state index in [2.05, 4.69) is 25.5 Å². The van der Waals surface area contributed by atoms with Gasteiger partial charge in [-0.25, -0.2) is 13.1 Å². The Labute approximate surface area is 99.1 Å². The molecule has 4 heteroatoms. The zero-order valence-corrected chi connectivity index (χ0v) is 11.5. The van der Waals surface area contributed by atoms with E-state index in [1.54, 1.807) is 6.92 Å². The summed E-state index contributed by atoms with van der Waals surface area (Å²) in [5.41, 5.74) is 0.411. The minimum absolute atomic E-state index is 0.139. The van der Waals surface area contributed by atoms with Gasteiger partial charge in [-0.2, -0.15) is 0 Å². The van der Waals surface area contributed by atoms with Crippen LogP contribution in [-0.4, -0.2) is 20.2 Å². The molecule has 0 aromatic rings. The predicted octanol–water partition coefficient (Wildman–Crippen LogP) is 2.14. The van der Waals surface area contributed by atoms with E-state index in [-0.39, 0.29) is 22.6 Å². The highest BCUT2D eigenvalue weighted by atomic mass is 32.2. The second kappa shape index (κ2) is 3.45. The minimum Gasteiger partial charge on any atom is -0.212 e. The first kappa shape index (κ1) is 12.4. The van der Waals surface area contributed by atoms with E-state index >= 15 is 0 Å². The third-order valence-corrected chi connectivity index (χ3v) is 6.90. The lowest BCUT2D eigenvalue weighted by Gasteiger charge is -2.39. The number of sulfonamides is 1. The third-order valence-electron chi connectivity index (χ3n) is 5.50. The number of rotatable bonds is 3. The Kier molecular flexibility index (Phi) is 2.67. The fourth-order valence-corrected chi connectivity index (χ4v) is 4.64. The molecular formula is C12H23NO2S. The molecule has 0 amide bonds. The molecule has 0 aliphatic heterocycles. The largest absolute Gasteiger partial charge is 0.212 e. The normalized spacial score (nSPS) is 41.5. The summed E-state index contributed by atoms with van der Waals surface area (Å²) in [5, 5.41) is 0. The Morgan fingerprint density at radius 1 is 1.31 bits per heavy atom. The first-order valence-corrected chi connectivity index (χ1v) is 7.88. The van der Waals surface area contributed by atoms with Gasteiger partial charge in [0.05, 0.1) is 5.75 Å². The number of fused-ring (bicyclic) bond motifs is 2. The molecule has 3 nitrogen and oxygen atoms in total. The molecule has 2 aliphatic rings. The first-order valence-electron chi connectivity index (χ1n) is 6.23. The molecule has 0 heterocycles. The quantitative estimate of drug-likeness (QED) is 0.828. The van der Waals surface area contributed by atoms with Crippen molar-refractivity contribution in [3.8, 4) is 0 Å². The average molecular weight is 245 g/mol. The Morgan fingerprint density at radius 3 is 2.31 bits per heavy atom. The molecule has 1 N–H and O–H groups in total. The van der Waals surface area contributed by atoms with Crippen molar-refractivity contribution in [2.24, 2.45) is 16.7 Å². The Bertz CT molecular complexity index is 388. The molecule has 0 aromatic heterocycles. The molecule has 3 unspecified atom stereocenters. The van der Waals surface area contributed by atoms with Crippen molar-refractivity contribution in [3.63, 3.8) is 0 Å². The van der Waals surface area contributed by atoms with Crippen LogP contribution in [0.3, 0.4) is 0 Å². The molecule has 2 fully saturated rings. The van der Waals surface area contributed by atoms with Gasteiger partial charge in [0.15, 0.2) is 0 Å². The standard InChI is InChI=1S/C12H23NO2S/c1-5-16(14,15)13-10-8-9-6-7-12(10,4)11(9,2)3/h9-10,13H,5-8H2,1-4H3. The van der Waals surface area contributed by atoms with Gasteiger partial charge < -0.3 is 0 Å². The fraction of sp³-hybridized carbons (Fsp3) is 1.00. The van der Waals surface area contributed by atoms with Gasteiger partial charge in [0.25, 0.3) is 0 Å². The Hall–Kier alpha value is -0.0900. The smallest absolute Gasteiger partial charge is 0.211 e. The second-order valence-electron chi connectivity index (χ2n) is 6.18. The summed E-state index contributed by atoms with van der Waals surface area (Å²) < 4.78 is 26.3. The molecule has 0 radical (unpaired) electrons. The van der Waals surface area contributed by atoms with Crippen LogP contribution in [-0.2, 0) is 10.0 Å². The summed E-state index contributed by atoms with van der Waals surface area (Å²) in [6.45, 7) is 8.54. The van der Waals surface area contributed by atoms with E-state index in [4.69, 9.17) is 0 Å². The van der Waals surface area contributed by atoms with Crippen LogP contribution in [0, 0.1) is 16.7 Å².